The molecule has 0 saturated carbocycles. The second kappa shape index (κ2) is 7.97. The van der Waals surface area contributed by atoms with Crippen LogP contribution in [0.2, 0.25) is 5.11 Å². The summed E-state index contributed by atoms with van der Waals surface area (Å²) in [5.41, 5.74) is 7.74. The largest absolute Gasteiger partial charge is 0.490 e. The SMILES string of the molecule is BC(B)(B)C1(B)Oc2cc(cnc2N)-c2c(nn(C)c2C#N)CN(C)C(=O)c2ccc(F)cc21. The van der Waals surface area contributed by atoms with Gasteiger partial charge in [-0.3, -0.25) is 9.48 Å². The van der Waals surface area contributed by atoms with Crippen LogP contribution in [0.25, 0.3) is 11.1 Å². The van der Waals surface area contributed by atoms with Gasteiger partial charge in [0.15, 0.2) is 19.4 Å². The van der Waals surface area contributed by atoms with Crippen molar-refractivity contribution in [3.63, 3.8) is 0 Å². The molecule has 0 aliphatic carbocycles. The van der Waals surface area contributed by atoms with E-state index >= 15 is 0 Å². The molecule has 34 heavy (non-hydrogen) atoms. The van der Waals surface area contributed by atoms with Crippen molar-refractivity contribution in [2.45, 2.75) is 17.2 Å². The number of fused-ring (bicyclic) bond motifs is 5. The second-order valence-corrected chi connectivity index (χ2v) is 9.75. The van der Waals surface area contributed by atoms with Gasteiger partial charge in [0, 0.05) is 42.5 Å². The molecule has 1 aliphatic heterocycles. The van der Waals surface area contributed by atoms with E-state index in [9.17, 15) is 14.4 Å². The van der Waals surface area contributed by atoms with E-state index in [0.29, 0.717) is 33.6 Å². The smallest absolute Gasteiger partial charge is 0.254 e. The summed E-state index contributed by atoms with van der Waals surface area (Å²) in [6.45, 7) is 0.132. The molecule has 0 fully saturated rings. The number of carbonyl (C=O) groups is 1. The lowest BCUT2D eigenvalue weighted by molar-refractivity contribution is 0.0773. The number of nitrogens with two attached hydrogens (primary N) is 1. The van der Waals surface area contributed by atoms with E-state index in [2.05, 4.69) is 16.2 Å². The summed E-state index contributed by atoms with van der Waals surface area (Å²) in [6.07, 6.45) is 1.55. The maximum atomic E-state index is 14.5. The minimum Gasteiger partial charge on any atom is -0.490 e. The van der Waals surface area contributed by atoms with Crippen molar-refractivity contribution in [2.24, 2.45) is 7.05 Å². The van der Waals surface area contributed by atoms with Gasteiger partial charge in [0.25, 0.3) is 5.91 Å². The Labute approximate surface area is 200 Å². The summed E-state index contributed by atoms with van der Waals surface area (Å²) in [4.78, 5) is 19.5. The summed E-state index contributed by atoms with van der Waals surface area (Å²) < 4.78 is 22.5. The fourth-order valence-electron chi connectivity index (χ4n) is 4.23. The van der Waals surface area contributed by atoms with Gasteiger partial charge < -0.3 is 15.4 Å². The lowest BCUT2D eigenvalue weighted by Crippen LogP contribution is -2.49. The van der Waals surface area contributed by atoms with Crippen molar-refractivity contribution in [3.8, 4) is 22.9 Å². The zero-order chi connectivity index (χ0) is 25.0. The minimum atomic E-state index is -1.16. The Morgan fingerprint density at radius 2 is 2.00 bits per heavy atom. The number of hydrogen-bond donors (Lipinski definition) is 1. The van der Waals surface area contributed by atoms with E-state index in [1.807, 2.05) is 31.4 Å². The Hall–Kier alpha value is -3.67. The van der Waals surface area contributed by atoms with Crippen molar-refractivity contribution >= 4 is 43.1 Å². The molecule has 1 amide bonds. The first kappa shape index (κ1) is 23.5. The number of nitrogen functional groups attached to an aromatic ring is 1. The Morgan fingerprint density at radius 3 is 2.65 bits per heavy atom. The molecule has 3 aromatic rings. The van der Waals surface area contributed by atoms with Crippen LogP contribution in [0.5, 0.6) is 5.75 Å². The van der Waals surface area contributed by atoms with E-state index in [4.69, 9.17) is 10.5 Å². The first-order chi connectivity index (χ1) is 15.9. The third kappa shape index (κ3) is 3.63. The van der Waals surface area contributed by atoms with Crippen LogP contribution in [0.1, 0.15) is 27.3 Å². The second-order valence-electron chi connectivity index (χ2n) is 9.75. The zero-order valence-corrected chi connectivity index (χ0v) is 20.1. The Morgan fingerprint density at radius 1 is 1.29 bits per heavy atom. The molecular weight excluding hydrogens is 431 g/mol. The molecule has 1 atom stereocenters. The number of amides is 1. The van der Waals surface area contributed by atoms with Crippen LogP contribution in [0.3, 0.4) is 0 Å². The molecular formula is C21H23B4FN6O2. The highest BCUT2D eigenvalue weighted by molar-refractivity contribution is 6.62. The first-order valence-corrected chi connectivity index (χ1v) is 10.8. The van der Waals surface area contributed by atoms with E-state index in [1.165, 1.54) is 27.8 Å². The van der Waals surface area contributed by atoms with Gasteiger partial charge in [0.1, 0.15) is 17.6 Å². The Balaban J connectivity index is 2.09. The fourth-order valence-corrected chi connectivity index (χ4v) is 4.23. The number of halogens is 1. The summed E-state index contributed by atoms with van der Waals surface area (Å²) in [7, 11) is 11.0. The summed E-state index contributed by atoms with van der Waals surface area (Å²) in [6, 6.07) is 7.97. The van der Waals surface area contributed by atoms with Crippen LogP contribution in [0, 0.1) is 17.1 Å². The number of hydrogen-bond acceptors (Lipinski definition) is 6. The predicted octanol–water partition coefficient (Wildman–Crippen LogP) is -1.50. The molecule has 2 aromatic heterocycles. The number of aryl methyl sites for hydroxylation is 1. The van der Waals surface area contributed by atoms with Crippen molar-refractivity contribution < 1.29 is 13.9 Å². The van der Waals surface area contributed by atoms with E-state index in [-0.39, 0.29) is 24.0 Å². The number of ether oxygens (including phenoxy) is 1. The van der Waals surface area contributed by atoms with Crippen LogP contribution in [0.15, 0.2) is 30.5 Å². The third-order valence-corrected chi connectivity index (χ3v) is 6.60. The molecule has 0 saturated heterocycles. The summed E-state index contributed by atoms with van der Waals surface area (Å²) in [5.74, 6) is -0.391. The van der Waals surface area contributed by atoms with Crippen molar-refractivity contribution in [2.75, 3.05) is 12.8 Å². The molecule has 2 bridgehead atoms. The van der Waals surface area contributed by atoms with Crippen LogP contribution in [-0.2, 0) is 19.1 Å². The molecule has 4 rings (SSSR count). The number of pyridine rings is 1. The fraction of sp³-hybridized carbons (Fsp3) is 0.238. The van der Waals surface area contributed by atoms with Crippen LogP contribution in [-0.4, -0.2) is 64.0 Å². The average molecular weight is 454 g/mol. The predicted molar refractivity (Wildman–Crippen MR) is 137 cm³/mol. The summed E-state index contributed by atoms with van der Waals surface area (Å²) in [5, 5.41) is 13.7. The first-order valence-electron chi connectivity index (χ1n) is 10.8. The number of anilines is 1. The molecule has 1 aromatic carbocycles. The molecule has 3 heterocycles. The highest BCUT2D eigenvalue weighted by Crippen LogP contribution is 2.44. The molecule has 0 spiro atoms. The maximum absolute atomic E-state index is 14.5. The normalized spacial score (nSPS) is 18.1. The quantitative estimate of drug-likeness (QED) is 0.449. The standard InChI is InChI=1S/C21H23B4FN6O2/c1-31-9-14-17(15(7-27)32(2)30-14)10-5-16(18(28)29-8-10)34-20(22,21(23,24)25)13-6-11(26)3-4-12(13)19(31)33/h3-6,8H,9,22-25H2,1-2H3,(H2,28,29). The molecule has 13 heteroatoms. The highest BCUT2D eigenvalue weighted by atomic mass is 19.1. The van der Waals surface area contributed by atoms with Crippen molar-refractivity contribution in [1.29, 1.82) is 5.26 Å². The van der Waals surface area contributed by atoms with Gasteiger partial charge in [-0.1, -0.05) is 5.11 Å². The van der Waals surface area contributed by atoms with Crippen LogP contribution in [0.4, 0.5) is 10.2 Å². The van der Waals surface area contributed by atoms with Gasteiger partial charge >= 0.3 is 0 Å². The number of aromatic nitrogens is 3. The minimum absolute atomic E-state index is 0.132. The number of benzene rings is 1. The molecule has 1 unspecified atom stereocenters. The molecule has 2 N–H and O–H groups in total. The topological polar surface area (TPSA) is 110 Å². The Kier molecular flexibility index (Phi) is 5.51. The molecule has 0 radical (unpaired) electrons. The number of nitriles is 1. The number of rotatable bonds is 1. The monoisotopic (exact) mass is 454 g/mol. The van der Waals surface area contributed by atoms with E-state index in [1.54, 1.807) is 26.4 Å². The Bertz CT molecular complexity index is 1370. The number of nitrogens with zero attached hydrogens (tertiary/aromatic N) is 5. The third-order valence-electron chi connectivity index (χ3n) is 6.60. The van der Waals surface area contributed by atoms with Gasteiger partial charge in [-0.15, -0.1) is 0 Å². The lowest BCUT2D eigenvalue weighted by atomic mass is 9.31. The van der Waals surface area contributed by atoms with Crippen molar-refractivity contribution in [1.82, 2.24) is 19.7 Å². The van der Waals surface area contributed by atoms with Crippen LogP contribution >= 0.6 is 0 Å². The zero-order valence-electron chi connectivity index (χ0n) is 20.1. The average Bonchev–Trinajstić information content (AvgIpc) is 3.07. The molecule has 8 nitrogen and oxygen atoms in total. The van der Waals surface area contributed by atoms with Crippen molar-refractivity contribution in [3.05, 3.63) is 58.8 Å². The lowest BCUT2D eigenvalue weighted by Gasteiger charge is -2.44. The van der Waals surface area contributed by atoms with Gasteiger partial charge in [-0.2, -0.15) is 10.4 Å². The number of carbonyl (C=O) groups excluding carboxylic acids is 1. The molecule has 168 valence electrons. The van der Waals surface area contributed by atoms with Gasteiger partial charge in [-0.05, 0) is 24.3 Å². The molecule has 1 aliphatic rings. The van der Waals surface area contributed by atoms with Gasteiger partial charge in [-0.25, -0.2) is 9.37 Å². The van der Waals surface area contributed by atoms with E-state index < -0.39 is 16.4 Å². The van der Waals surface area contributed by atoms with E-state index in [0.717, 1.165) is 0 Å². The van der Waals surface area contributed by atoms with Gasteiger partial charge in [0.2, 0.25) is 0 Å². The van der Waals surface area contributed by atoms with Gasteiger partial charge in [0.05, 0.1) is 41.3 Å². The maximum Gasteiger partial charge on any atom is 0.254 e. The highest BCUT2D eigenvalue weighted by Gasteiger charge is 2.44. The van der Waals surface area contributed by atoms with Crippen LogP contribution < -0.4 is 10.5 Å². The summed E-state index contributed by atoms with van der Waals surface area (Å²) >= 11 is 0.